The predicted octanol–water partition coefficient (Wildman–Crippen LogP) is 3.04. The quantitative estimate of drug-likeness (QED) is 0.938. The average molecular weight is 325 g/mol. The van der Waals surface area contributed by atoms with Crippen LogP contribution in [0.2, 0.25) is 5.02 Å². The van der Waals surface area contributed by atoms with E-state index < -0.39 is 15.8 Å². The summed E-state index contributed by atoms with van der Waals surface area (Å²) in [4.78, 5) is 11.1. The first-order chi connectivity index (χ1) is 9.77. The van der Waals surface area contributed by atoms with E-state index in [1.165, 1.54) is 12.1 Å². The maximum atomic E-state index is 11.4. The lowest BCUT2D eigenvalue weighted by Crippen LogP contribution is -2.02. The smallest absolute Gasteiger partial charge is 0.307 e. The Bertz CT molecular complexity index is 780. The highest BCUT2D eigenvalue weighted by Gasteiger charge is 2.11. The largest absolute Gasteiger partial charge is 0.481 e. The number of sulfone groups is 1. The van der Waals surface area contributed by atoms with Crippen LogP contribution in [0.25, 0.3) is 11.1 Å². The molecule has 0 amide bonds. The van der Waals surface area contributed by atoms with Crippen LogP contribution < -0.4 is 0 Å². The Morgan fingerprint density at radius 1 is 1.14 bits per heavy atom. The van der Waals surface area contributed by atoms with Gasteiger partial charge >= 0.3 is 5.97 Å². The third kappa shape index (κ3) is 3.83. The summed E-state index contributed by atoms with van der Waals surface area (Å²) in [5.41, 5.74) is 2.05. The molecule has 2 rings (SSSR count). The van der Waals surface area contributed by atoms with Gasteiger partial charge in [0.05, 0.1) is 11.3 Å². The number of aliphatic carboxylic acids is 1. The second kappa shape index (κ2) is 5.87. The predicted molar refractivity (Wildman–Crippen MR) is 81.3 cm³/mol. The molecule has 0 aromatic heterocycles. The van der Waals surface area contributed by atoms with Gasteiger partial charge in [-0.25, -0.2) is 8.42 Å². The van der Waals surface area contributed by atoms with Crippen molar-refractivity contribution in [2.24, 2.45) is 0 Å². The molecule has 1 N–H and O–H groups in total. The van der Waals surface area contributed by atoms with Gasteiger partial charge in [0.15, 0.2) is 9.84 Å². The monoisotopic (exact) mass is 324 g/mol. The first-order valence-electron chi connectivity index (χ1n) is 6.08. The fourth-order valence-electron chi connectivity index (χ4n) is 2.03. The summed E-state index contributed by atoms with van der Waals surface area (Å²) in [5, 5.41) is 9.42. The van der Waals surface area contributed by atoms with Gasteiger partial charge in [-0.3, -0.25) is 4.79 Å². The van der Waals surface area contributed by atoms with Gasteiger partial charge in [-0.2, -0.15) is 0 Å². The van der Waals surface area contributed by atoms with Crippen LogP contribution >= 0.6 is 11.6 Å². The van der Waals surface area contributed by atoms with Gasteiger partial charge in [0.25, 0.3) is 0 Å². The summed E-state index contributed by atoms with van der Waals surface area (Å²) >= 11 is 5.90. The molecule has 0 saturated carbocycles. The van der Waals surface area contributed by atoms with Crippen LogP contribution in [0.3, 0.4) is 0 Å². The van der Waals surface area contributed by atoms with Gasteiger partial charge in [-0.1, -0.05) is 29.8 Å². The summed E-state index contributed by atoms with van der Waals surface area (Å²) < 4.78 is 22.9. The Hall–Kier alpha value is -1.85. The SMILES string of the molecule is CS(=O)(=O)c1ccc(-c2ccc(Cl)cc2CC(=O)O)cc1. The van der Waals surface area contributed by atoms with Crippen molar-refractivity contribution in [2.45, 2.75) is 11.3 Å². The highest BCUT2D eigenvalue weighted by molar-refractivity contribution is 7.90. The van der Waals surface area contributed by atoms with E-state index in [1.54, 1.807) is 30.3 Å². The minimum atomic E-state index is -3.25. The molecule has 6 heteroatoms. The lowest BCUT2D eigenvalue weighted by molar-refractivity contribution is -0.136. The van der Waals surface area contributed by atoms with Gasteiger partial charge in [-0.05, 0) is 41.0 Å². The molecule has 0 fully saturated rings. The minimum Gasteiger partial charge on any atom is -0.481 e. The molecule has 0 aliphatic carbocycles. The van der Waals surface area contributed by atoms with Crippen molar-refractivity contribution in [1.29, 1.82) is 0 Å². The molecule has 2 aromatic rings. The Labute approximate surface area is 127 Å². The maximum absolute atomic E-state index is 11.4. The van der Waals surface area contributed by atoms with Crippen molar-refractivity contribution in [2.75, 3.05) is 6.26 Å². The molecule has 2 aromatic carbocycles. The number of benzene rings is 2. The zero-order valence-corrected chi connectivity index (χ0v) is 12.8. The molecule has 0 aliphatic rings. The minimum absolute atomic E-state index is 0.149. The van der Waals surface area contributed by atoms with Gasteiger partial charge in [0, 0.05) is 11.3 Å². The maximum Gasteiger partial charge on any atom is 0.307 e. The molecule has 0 bridgehead atoms. The van der Waals surface area contributed by atoms with E-state index in [4.69, 9.17) is 16.7 Å². The van der Waals surface area contributed by atoms with Crippen molar-refractivity contribution in [3.63, 3.8) is 0 Å². The summed E-state index contributed by atoms with van der Waals surface area (Å²) in [7, 11) is -3.25. The molecular weight excluding hydrogens is 312 g/mol. The molecule has 0 unspecified atom stereocenters. The molecule has 0 radical (unpaired) electrons. The number of carbonyl (C=O) groups is 1. The first kappa shape index (κ1) is 15.5. The first-order valence-corrected chi connectivity index (χ1v) is 8.35. The van der Waals surface area contributed by atoms with E-state index in [-0.39, 0.29) is 11.3 Å². The average Bonchev–Trinajstić information content (AvgIpc) is 2.37. The van der Waals surface area contributed by atoms with E-state index in [0.717, 1.165) is 17.4 Å². The Morgan fingerprint density at radius 2 is 1.76 bits per heavy atom. The van der Waals surface area contributed by atoms with E-state index in [9.17, 15) is 13.2 Å². The highest BCUT2D eigenvalue weighted by Crippen LogP contribution is 2.28. The van der Waals surface area contributed by atoms with Crippen LogP contribution in [0.15, 0.2) is 47.4 Å². The molecule has 21 heavy (non-hydrogen) atoms. The van der Waals surface area contributed by atoms with Gasteiger partial charge in [-0.15, -0.1) is 0 Å². The van der Waals surface area contributed by atoms with Crippen molar-refractivity contribution >= 4 is 27.4 Å². The number of carboxylic acid groups (broad SMARTS) is 1. The van der Waals surface area contributed by atoms with Crippen LogP contribution in [-0.2, 0) is 21.1 Å². The summed E-state index contributed by atoms with van der Waals surface area (Å²) in [5.74, 6) is -0.953. The van der Waals surface area contributed by atoms with E-state index in [0.29, 0.717) is 10.6 Å². The summed E-state index contributed by atoms with van der Waals surface area (Å²) in [6, 6.07) is 11.3. The van der Waals surface area contributed by atoms with Crippen molar-refractivity contribution in [3.05, 3.63) is 53.1 Å². The van der Waals surface area contributed by atoms with Crippen LogP contribution in [0.1, 0.15) is 5.56 Å². The van der Waals surface area contributed by atoms with Crippen molar-refractivity contribution in [1.82, 2.24) is 0 Å². The Morgan fingerprint density at radius 3 is 2.29 bits per heavy atom. The van der Waals surface area contributed by atoms with Gasteiger partial charge < -0.3 is 5.11 Å². The van der Waals surface area contributed by atoms with Gasteiger partial charge in [0.1, 0.15) is 0 Å². The highest BCUT2D eigenvalue weighted by atomic mass is 35.5. The molecule has 0 spiro atoms. The molecular formula is C15H13ClO4S. The van der Waals surface area contributed by atoms with Crippen LogP contribution in [0.4, 0.5) is 0 Å². The van der Waals surface area contributed by atoms with Crippen LogP contribution in [0.5, 0.6) is 0 Å². The third-order valence-electron chi connectivity index (χ3n) is 3.00. The standard InChI is InChI=1S/C15H13ClO4S/c1-21(19,20)13-5-2-10(3-6-13)14-7-4-12(16)8-11(14)9-15(17)18/h2-8H,9H2,1H3,(H,17,18). The van der Waals surface area contributed by atoms with Crippen LogP contribution in [-0.4, -0.2) is 25.7 Å². The molecule has 0 saturated heterocycles. The normalized spacial score (nSPS) is 11.3. The molecule has 0 atom stereocenters. The molecule has 110 valence electrons. The lowest BCUT2D eigenvalue weighted by atomic mass is 9.98. The molecule has 0 aliphatic heterocycles. The fraction of sp³-hybridized carbons (Fsp3) is 0.133. The Kier molecular flexibility index (Phi) is 4.34. The second-order valence-electron chi connectivity index (χ2n) is 4.67. The lowest BCUT2D eigenvalue weighted by Gasteiger charge is -2.09. The molecule has 0 heterocycles. The van der Waals surface area contributed by atoms with E-state index in [1.807, 2.05) is 0 Å². The number of rotatable bonds is 4. The van der Waals surface area contributed by atoms with Gasteiger partial charge in [0.2, 0.25) is 0 Å². The zero-order chi connectivity index (χ0) is 15.6. The summed E-state index contributed by atoms with van der Waals surface area (Å²) in [6.07, 6.45) is 0.990. The van der Waals surface area contributed by atoms with Crippen molar-refractivity contribution < 1.29 is 18.3 Å². The van der Waals surface area contributed by atoms with E-state index in [2.05, 4.69) is 0 Å². The fourth-order valence-corrected chi connectivity index (χ4v) is 2.86. The number of halogens is 1. The second-order valence-corrected chi connectivity index (χ2v) is 7.12. The number of carboxylic acids is 1. The van der Waals surface area contributed by atoms with Crippen molar-refractivity contribution in [3.8, 4) is 11.1 Å². The number of hydrogen-bond donors (Lipinski definition) is 1. The number of hydrogen-bond acceptors (Lipinski definition) is 3. The third-order valence-corrected chi connectivity index (χ3v) is 4.37. The van der Waals surface area contributed by atoms with E-state index >= 15 is 0 Å². The Balaban J connectivity index is 2.49. The topological polar surface area (TPSA) is 71.4 Å². The van der Waals surface area contributed by atoms with Crippen LogP contribution in [0, 0.1) is 0 Å². The molecule has 4 nitrogen and oxygen atoms in total. The zero-order valence-electron chi connectivity index (χ0n) is 11.2. The summed E-state index contributed by atoms with van der Waals surface area (Å²) in [6.45, 7) is 0.